The molecule has 1 aliphatic rings. The number of benzene rings is 1. The minimum absolute atomic E-state index is 0.0838. The minimum Gasteiger partial charge on any atom is -0.491 e. The van der Waals surface area contributed by atoms with Crippen LogP contribution < -0.4 is 19.6 Å². The van der Waals surface area contributed by atoms with E-state index in [2.05, 4.69) is 27.6 Å². The van der Waals surface area contributed by atoms with Crippen LogP contribution in [-0.2, 0) is 9.53 Å². The summed E-state index contributed by atoms with van der Waals surface area (Å²) in [5, 5.41) is 0. The second-order valence-electron chi connectivity index (χ2n) is 7.65. The van der Waals surface area contributed by atoms with Gasteiger partial charge in [0.05, 0.1) is 28.5 Å². The molecule has 0 radical (unpaired) electrons. The summed E-state index contributed by atoms with van der Waals surface area (Å²) in [6, 6.07) is 10.3. The number of furan rings is 1. The summed E-state index contributed by atoms with van der Waals surface area (Å²) in [5.41, 5.74) is 1.27. The highest BCUT2D eigenvalue weighted by molar-refractivity contribution is 14.1. The summed E-state index contributed by atoms with van der Waals surface area (Å²) >= 11 is 3.33. The number of nitrogens with zero attached hydrogens (tertiary/aromatic N) is 2. The van der Waals surface area contributed by atoms with Gasteiger partial charge in [-0.2, -0.15) is 0 Å². The lowest BCUT2D eigenvalue weighted by atomic mass is 9.95. The molecule has 4 rings (SSSR count). The minimum atomic E-state index is -0.728. The van der Waals surface area contributed by atoms with Gasteiger partial charge in [0.25, 0.3) is 5.56 Å². The predicted molar refractivity (Wildman–Crippen MR) is 134 cm³/mol. The van der Waals surface area contributed by atoms with E-state index in [-0.39, 0.29) is 18.3 Å². The second-order valence-corrected chi connectivity index (χ2v) is 9.72. The van der Waals surface area contributed by atoms with Crippen molar-refractivity contribution in [2.45, 2.75) is 39.8 Å². The number of halogens is 1. The fraction of sp³-hybridized carbons (Fsp3) is 0.292. The van der Waals surface area contributed by atoms with Crippen LogP contribution in [0.15, 0.2) is 61.9 Å². The van der Waals surface area contributed by atoms with Crippen LogP contribution in [0, 0.1) is 3.77 Å². The number of fused-ring (bicyclic) bond motifs is 1. The van der Waals surface area contributed by atoms with E-state index in [4.69, 9.17) is 13.9 Å². The highest BCUT2D eigenvalue weighted by atomic mass is 127. The maximum atomic E-state index is 13.6. The van der Waals surface area contributed by atoms with E-state index in [0.29, 0.717) is 37.7 Å². The zero-order valence-electron chi connectivity index (χ0n) is 18.6. The fourth-order valence-electron chi connectivity index (χ4n) is 3.69. The van der Waals surface area contributed by atoms with E-state index >= 15 is 0 Å². The van der Waals surface area contributed by atoms with E-state index in [1.807, 2.05) is 44.2 Å². The van der Waals surface area contributed by atoms with Crippen molar-refractivity contribution in [2.75, 3.05) is 6.61 Å². The molecule has 0 aliphatic carbocycles. The van der Waals surface area contributed by atoms with Gasteiger partial charge in [-0.3, -0.25) is 9.36 Å². The molecule has 172 valence electrons. The van der Waals surface area contributed by atoms with Gasteiger partial charge in [0.1, 0.15) is 17.6 Å². The first-order valence-corrected chi connectivity index (χ1v) is 12.4. The standard InChI is InChI=1S/C24H23IN2O5S/c1-5-30-23(29)20-14(4)26-24-27(21(20)16-8-6-7-9-17(16)31-13(2)3)22(28)18(33-24)12-15-10-11-19(25)32-15/h6-13,21H,5H2,1-4H3/b18-12-/t21-/m0/s1. The smallest absolute Gasteiger partial charge is 0.338 e. The van der Waals surface area contributed by atoms with Gasteiger partial charge in [-0.05, 0) is 68.5 Å². The molecule has 0 saturated carbocycles. The van der Waals surface area contributed by atoms with Gasteiger partial charge in [0, 0.05) is 11.6 Å². The maximum Gasteiger partial charge on any atom is 0.338 e. The Morgan fingerprint density at radius 2 is 2.06 bits per heavy atom. The Bertz CT molecular complexity index is 1410. The molecule has 2 aromatic heterocycles. The number of para-hydroxylation sites is 1. The van der Waals surface area contributed by atoms with Crippen molar-refractivity contribution in [1.82, 2.24) is 4.57 Å². The lowest BCUT2D eigenvalue weighted by molar-refractivity contribution is -0.139. The molecular formula is C24H23IN2O5S. The Morgan fingerprint density at radius 1 is 1.30 bits per heavy atom. The van der Waals surface area contributed by atoms with E-state index in [0.717, 1.165) is 3.77 Å². The van der Waals surface area contributed by atoms with E-state index in [1.54, 1.807) is 30.6 Å². The van der Waals surface area contributed by atoms with Crippen molar-refractivity contribution in [3.63, 3.8) is 0 Å². The largest absolute Gasteiger partial charge is 0.491 e. The van der Waals surface area contributed by atoms with Gasteiger partial charge < -0.3 is 13.9 Å². The Hall–Kier alpha value is -2.66. The number of hydrogen-bond donors (Lipinski definition) is 0. The molecule has 9 heteroatoms. The van der Waals surface area contributed by atoms with Crippen LogP contribution in [0.1, 0.15) is 45.1 Å². The second kappa shape index (κ2) is 9.68. The summed E-state index contributed by atoms with van der Waals surface area (Å²) in [6.07, 6.45) is 1.61. The van der Waals surface area contributed by atoms with Gasteiger partial charge in [0.15, 0.2) is 8.57 Å². The van der Waals surface area contributed by atoms with Gasteiger partial charge >= 0.3 is 5.97 Å². The normalized spacial score (nSPS) is 16.1. The molecule has 0 spiro atoms. The van der Waals surface area contributed by atoms with Gasteiger partial charge in [-0.25, -0.2) is 9.79 Å². The van der Waals surface area contributed by atoms with Crippen molar-refractivity contribution < 1.29 is 18.7 Å². The summed E-state index contributed by atoms with van der Waals surface area (Å²) in [4.78, 5) is 31.7. The molecule has 0 bridgehead atoms. The maximum absolute atomic E-state index is 13.6. The third-order valence-corrected chi connectivity index (χ3v) is 6.52. The van der Waals surface area contributed by atoms with Gasteiger partial charge in [-0.15, -0.1) is 0 Å². The monoisotopic (exact) mass is 578 g/mol. The van der Waals surface area contributed by atoms with E-state index in [1.165, 1.54) is 11.3 Å². The number of carbonyl (C=O) groups excluding carboxylic acids is 1. The Balaban J connectivity index is 1.98. The molecule has 0 N–H and O–H groups in total. The molecule has 1 aliphatic heterocycles. The zero-order chi connectivity index (χ0) is 23.7. The van der Waals surface area contributed by atoms with Crippen LogP contribution in [0.25, 0.3) is 6.08 Å². The molecular weight excluding hydrogens is 555 g/mol. The van der Waals surface area contributed by atoms with Crippen LogP contribution in [0.4, 0.5) is 0 Å². The number of hydrogen-bond acceptors (Lipinski definition) is 7. The quantitative estimate of drug-likeness (QED) is 0.329. The molecule has 3 heterocycles. The lowest BCUT2D eigenvalue weighted by Crippen LogP contribution is -2.40. The van der Waals surface area contributed by atoms with Gasteiger partial charge in [-0.1, -0.05) is 29.5 Å². The number of thiazole rings is 1. The molecule has 33 heavy (non-hydrogen) atoms. The third-order valence-electron chi connectivity index (χ3n) is 4.96. The summed E-state index contributed by atoms with van der Waals surface area (Å²) in [6.45, 7) is 7.59. The Kier molecular flexibility index (Phi) is 6.89. The average molecular weight is 578 g/mol. The zero-order valence-corrected chi connectivity index (χ0v) is 21.6. The number of aromatic nitrogens is 1. The topological polar surface area (TPSA) is 83.0 Å². The van der Waals surface area contributed by atoms with Gasteiger partial charge in [0.2, 0.25) is 0 Å². The third kappa shape index (κ3) is 4.70. The Labute approximate surface area is 208 Å². The summed E-state index contributed by atoms with van der Waals surface area (Å²) < 4.78 is 19.7. The number of carbonyl (C=O) groups is 1. The van der Waals surface area contributed by atoms with Crippen LogP contribution in [0.3, 0.4) is 0 Å². The molecule has 0 fully saturated rings. The van der Waals surface area contributed by atoms with Crippen molar-refractivity contribution in [3.8, 4) is 5.75 Å². The molecule has 1 aromatic carbocycles. The van der Waals surface area contributed by atoms with Crippen molar-refractivity contribution in [3.05, 3.63) is 82.4 Å². The van der Waals surface area contributed by atoms with Crippen LogP contribution in [0.2, 0.25) is 0 Å². The molecule has 0 unspecified atom stereocenters. The highest BCUT2D eigenvalue weighted by Crippen LogP contribution is 2.36. The number of allylic oxidation sites excluding steroid dienone is 1. The molecule has 7 nitrogen and oxygen atoms in total. The van der Waals surface area contributed by atoms with Crippen molar-refractivity contribution >= 4 is 46.0 Å². The first kappa shape index (κ1) is 23.5. The van der Waals surface area contributed by atoms with Crippen molar-refractivity contribution in [1.29, 1.82) is 0 Å². The van der Waals surface area contributed by atoms with E-state index in [9.17, 15) is 9.59 Å². The first-order chi connectivity index (χ1) is 15.8. The summed E-state index contributed by atoms with van der Waals surface area (Å²) in [7, 11) is 0. The number of ether oxygens (including phenoxy) is 2. The van der Waals surface area contributed by atoms with Crippen LogP contribution in [0.5, 0.6) is 5.75 Å². The van der Waals surface area contributed by atoms with Crippen LogP contribution in [-0.4, -0.2) is 23.2 Å². The molecule has 3 aromatic rings. The molecule has 0 amide bonds. The average Bonchev–Trinajstić information content (AvgIpc) is 3.30. The molecule has 1 atom stereocenters. The predicted octanol–water partition coefficient (Wildman–Crippen LogP) is 3.78. The van der Waals surface area contributed by atoms with E-state index < -0.39 is 12.0 Å². The molecule has 0 saturated heterocycles. The van der Waals surface area contributed by atoms with Crippen molar-refractivity contribution in [2.24, 2.45) is 4.99 Å². The lowest BCUT2D eigenvalue weighted by Gasteiger charge is -2.26. The SMILES string of the molecule is CCOC(=O)C1=C(C)N=c2s/c(=C\c3ccc(I)o3)c(=O)n2[C@H]1c1ccccc1OC(C)C. The Morgan fingerprint density at radius 3 is 2.73 bits per heavy atom. The van der Waals surface area contributed by atoms with Crippen LogP contribution >= 0.6 is 33.9 Å². The first-order valence-electron chi connectivity index (χ1n) is 10.5. The summed E-state index contributed by atoms with van der Waals surface area (Å²) in [5.74, 6) is 0.674. The number of rotatable bonds is 6. The highest BCUT2D eigenvalue weighted by Gasteiger charge is 2.35. The fourth-order valence-corrected chi connectivity index (χ4v) is 5.15. The number of esters is 1.